The van der Waals surface area contributed by atoms with Crippen LogP contribution in [-0.4, -0.2) is 48.6 Å². The van der Waals surface area contributed by atoms with Gasteiger partial charge in [0.05, 0.1) is 12.2 Å². The molecule has 0 aromatic carbocycles. The Balaban J connectivity index is 1.37. The molecule has 2 atom stereocenters. The van der Waals surface area contributed by atoms with Gasteiger partial charge in [0.1, 0.15) is 5.76 Å². The summed E-state index contributed by atoms with van der Waals surface area (Å²) in [5.41, 5.74) is 1.01. The van der Waals surface area contributed by atoms with Gasteiger partial charge in [0.2, 0.25) is 5.89 Å². The molecule has 1 aromatic heterocycles. The number of piperidine rings is 1. The van der Waals surface area contributed by atoms with Crippen LogP contribution in [0.5, 0.6) is 0 Å². The van der Waals surface area contributed by atoms with Gasteiger partial charge >= 0.3 is 0 Å². The summed E-state index contributed by atoms with van der Waals surface area (Å²) in [5.74, 6) is 4.36. The summed E-state index contributed by atoms with van der Waals surface area (Å²) in [6.07, 6.45) is 9.02. The van der Waals surface area contributed by atoms with Crippen LogP contribution in [0.4, 0.5) is 0 Å². The van der Waals surface area contributed by atoms with E-state index in [1.807, 2.05) is 20.9 Å². The number of aromatic nitrogens is 1. The first kappa shape index (κ1) is 21.2. The number of rotatable bonds is 6. The van der Waals surface area contributed by atoms with Gasteiger partial charge in [0.25, 0.3) is 0 Å². The predicted octanol–water partition coefficient (Wildman–Crippen LogP) is 3.64. The Morgan fingerprint density at radius 1 is 1.18 bits per heavy atom. The fraction of sp³-hybridized carbons (Fsp3) is 0.818. The van der Waals surface area contributed by atoms with Crippen LogP contribution in [-0.2, 0) is 6.54 Å². The van der Waals surface area contributed by atoms with Crippen LogP contribution in [0.25, 0.3) is 0 Å². The SMILES string of the molecule is CCC1CCCC(NC(=NC)NCC2CCN(Cc3nc(C)c(C)o3)CC2)C1. The third-order valence-electron chi connectivity index (χ3n) is 6.62. The first-order chi connectivity index (χ1) is 13.6. The molecule has 0 radical (unpaired) electrons. The molecule has 1 saturated heterocycles. The minimum absolute atomic E-state index is 0.583. The number of likely N-dealkylation sites (tertiary alicyclic amines) is 1. The van der Waals surface area contributed by atoms with Gasteiger partial charge in [-0.2, -0.15) is 0 Å². The molecule has 6 nitrogen and oxygen atoms in total. The van der Waals surface area contributed by atoms with E-state index in [0.29, 0.717) is 12.0 Å². The Bertz CT molecular complexity index is 613. The summed E-state index contributed by atoms with van der Waals surface area (Å²) in [4.78, 5) is 11.4. The molecule has 1 aliphatic heterocycles. The van der Waals surface area contributed by atoms with Gasteiger partial charge in [-0.1, -0.05) is 26.2 Å². The molecule has 2 aliphatic rings. The molecule has 28 heavy (non-hydrogen) atoms. The van der Waals surface area contributed by atoms with E-state index < -0.39 is 0 Å². The second kappa shape index (κ2) is 10.3. The smallest absolute Gasteiger partial charge is 0.208 e. The lowest BCUT2D eigenvalue weighted by molar-refractivity contribution is 0.164. The van der Waals surface area contributed by atoms with E-state index in [1.165, 1.54) is 44.9 Å². The van der Waals surface area contributed by atoms with Crippen molar-refractivity contribution in [2.24, 2.45) is 16.8 Å². The number of aryl methyl sites for hydroxylation is 2. The highest BCUT2D eigenvalue weighted by Gasteiger charge is 2.23. The van der Waals surface area contributed by atoms with Crippen LogP contribution in [0.15, 0.2) is 9.41 Å². The highest BCUT2D eigenvalue weighted by molar-refractivity contribution is 5.79. The van der Waals surface area contributed by atoms with Crippen molar-refractivity contribution >= 4 is 5.96 Å². The summed E-state index contributed by atoms with van der Waals surface area (Å²) < 4.78 is 5.74. The van der Waals surface area contributed by atoms with E-state index in [1.54, 1.807) is 0 Å². The molecule has 0 spiro atoms. The molecule has 6 heteroatoms. The third-order valence-corrected chi connectivity index (χ3v) is 6.62. The molecule has 3 rings (SSSR count). The number of hydrogen-bond donors (Lipinski definition) is 2. The van der Waals surface area contributed by atoms with Crippen molar-refractivity contribution in [1.82, 2.24) is 20.5 Å². The first-order valence-corrected chi connectivity index (χ1v) is 11.2. The van der Waals surface area contributed by atoms with Gasteiger partial charge < -0.3 is 15.1 Å². The van der Waals surface area contributed by atoms with Crippen molar-refractivity contribution in [3.63, 3.8) is 0 Å². The molecule has 1 saturated carbocycles. The van der Waals surface area contributed by atoms with Crippen LogP contribution in [0.2, 0.25) is 0 Å². The van der Waals surface area contributed by atoms with Crippen molar-refractivity contribution < 1.29 is 4.42 Å². The van der Waals surface area contributed by atoms with E-state index in [-0.39, 0.29) is 0 Å². The van der Waals surface area contributed by atoms with Gasteiger partial charge in [-0.3, -0.25) is 9.89 Å². The van der Waals surface area contributed by atoms with Gasteiger partial charge in [0.15, 0.2) is 5.96 Å². The number of guanidine groups is 1. The highest BCUT2D eigenvalue weighted by Crippen LogP contribution is 2.26. The van der Waals surface area contributed by atoms with Gasteiger partial charge in [-0.15, -0.1) is 0 Å². The van der Waals surface area contributed by atoms with Crippen LogP contribution in [0.3, 0.4) is 0 Å². The molecule has 0 bridgehead atoms. The van der Waals surface area contributed by atoms with E-state index in [4.69, 9.17) is 4.42 Å². The van der Waals surface area contributed by atoms with Crippen LogP contribution < -0.4 is 10.6 Å². The number of oxazole rings is 1. The summed E-state index contributed by atoms with van der Waals surface area (Å²) in [6.45, 7) is 10.4. The number of hydrogen-bond acceptors (Lipinski definition) is 4. The summed E-state index contributed by atoms with van der Waals surface area (Å²) in [7, 11) is 1.89. The Morgan fingerprint density at radius 3 is 2.61 bits per heavy atom. The molecule has 1 aliphatic carbocycles. The number of aliphatic imine (C=N–C) groups is 1. The Kier molecular flexibility index (Phi) is 7.77. The topological polar surface area (TPSA) is 65.7 Å². The molecule has 2 heterocycles. The van der Waals surface area contributed by atoms with Crippen molar-refractivity contribution in [2.45, 2.75) is 78.3 Å². The van der Waals surface area contributed by atoms with Gasteiger partial charge in [0, 0.05) is 19.6 Å². The van der Waals surface area contributed by atoms with Crippen molar-refractivity contribution in [3.8, 4) is 0 Å². The normalized spacial score (nSPS) is 25.1. The molecule has 1 aromatic rings. The number of nitrogens with one attached hydrogen (secondary N) is 2. The van der Waals surface area contributed by atoms with Gasteiger partial charge in [-0.25, -0.2) is 4.98 Å². The molecular weight excluding hydrogens is 350 g/mol. The van der Waals surface area contributed by atoms with Crippen molar-refractivity contribution in [3.05, 3.63) is 17.3 Å². The summed E-state index contributed by atoms with van der Waals surface area (Å²) in [5, 5.41) is 7.25. The van der Waals surface area contributed by atoms with E-state index >= 15 is 0 Å². The molecule has 2 N–H and O–H groups in total. The molecular formula is C22H39N5O. The molecule has 0 amide bonds. The third kappa shape index (κ3) is 5.97. The average Bonchev–Trinajstić information content (AvgIpc) is 3.03. The molecule has 158 valence electrons. The summed E-state index contributed by atoms with van der Waals surface area (Å²) in [6, 6.07) is 0.583. The number of nitrogens with zero attached hydrogens (tertiary/aromatic N) is 3. The first-order valence-electron chi connectivity index (χ1n) is 11.2. The monoisotopic (exact) mass is 389 g/mol. The minimum atomic E-state index is 0.583. The van der Waals surface area contributed by atoms with E-state index in [2.05, 4.69) is 32.4 Å². The fourth-order valence-corrected chi connectivity index (χ4v) is 4.57. The zero-order valence-corrected chi connectivity index (χ0v) is 18.3. The van der Waals surface area contributed by atoms with Crippen LogP contribution in [0.1, 0.15) is 69.2 Å². The molecule has 2 unspecified atom stereocenters. The Labute approximate surface area is 170 Å². The van der Waals surface area contributed by atoms with Crippen molar-refractivity contribution in [2.75, 3.05) is 26.7 Å². The Hall–Kier alpha value is -1.56. The van der Waals surface area contributed by atoms with Crippen molar-refractivity contribution in [1.29, 1.82) is 0 Å². The van der Waals surface area contributed by atoms with E-state index in [0.717, 1.165) is 55.4 Å². The van der Waals surface area contributed by atoms with Crippen LogP contribution >= 0.6 is 0 Å². The zero-order valence-electron chi connectivity index (χ0n) is 18.3. The Morgan fingerprint density at radius 2 is 1.96 bits per heavy atom. The zero-order chi connectivity index (χ0) is 19.9. The average molecular weight is 390 g/mol. The largest absolute Gasteiger partial charge is 0.444 e. The van der Waals surface area contributed by atoms with E-state index in [9.17, 15) is 0 Å². The minimum Gasteiger partial charge on any atom is -0.444 e. The standard InChI is InChI=1S/C22H39N5O/c1-5-18-7-6-8-20(13-18)26-22(23-4)24-14-19-9-11-27(12-10-19)15-21-25-16(2)17(3)28-21/h18-20H,5-15H2,1-4H3,(H2,23,24,26). The maximum atomic E-state index is 5.74. The quantitative estimate of drug-likeness (QED) is 0.574. The lowest BCUT2D eigenvalue weighted by Crippen LogP contribution is -2.47. The fourth-order valence-electron chi connectivity index (χ4n) is 4.57. The van der Waals surface area contributed by atoms with Crippen LogP contribution in [0, 0.1) is 25.7 Å². The second-order valence-corrected chi connectivity index (χ2v) is 8.70. The maximum absolute atomic E-state index is 5.74. The summed E-state index contributed by atoms with van der Waals surface area (Å²) >= 11 is 0. The lowest BCUT2D eigenvalue weighted by Gasteiger charge is -2.33. The maximum Gasteiger partial charge on any atom is 0.208 e. The highest BCUT2D eigenvalue weighted by atomic mass is 16.4. The second-order valence-electron chi connectivity index (χ2n) is 8.70. The predicted molar refractivity (Wildman–Crippen MR) is 115 cm³/mol. The lowest BCUT2D eigenvalue weighted by atomic mass is 9.84. The van der Waals surface area contributed by atoms with Gasteiger partial charge in [-0.05, 0) is 64.5 Å². The molecule has 2 fully saturated rings.